The zero-order chi connectivity index (χ0) is 22.8. The van der Waals surface area contributed by atoms with Gasteiger partial charge in [0.15, 0.2) is 0 Å². The van der Waals surface area contributed by atoms with Crippen molar-refractivity contribution in [3.05, 3.63) is 83.3 Å². The molecule has 0 unspecified atom stereocenters. The van der Waals surface area contributed by atoms with E-state index >= 15 is 0 Å². The first kappa shape index (κ1) is 23.6. The Kier molecular flexibility index (Phi) is 8.97. The van der Waals surface area contributed by atoms with Crippen LogP contribution in [0.5, 0.6) is 5.75 Å². The number of carbonyl (C=O) groups is 1. The molecule has 0 N–H and O–H groups in total. The average molecular weight is 434 g/mol. The molecule has 0 atom stereocenters. The largest absolute Gasteiger partial charge is 0.423 e. The molecule has 1 heterocycles. The number of carbonyl (C=O) groups excluding carboxylic acids is 1. The molecule has 0 saturated heterocycles. The molecule has 0 radical (unpaired) electrons. The highest BCUT2D eigenvalue weighted by atomic mass is 19.1. The maximum absolute atomic E-state index is 14.3. The zero-order valence-electron chi connectivity index (χ0n) is 19.1. The van der Waals surface area contributed by atoms with Crippen molar-refractivity contribution >= 4 is 5.97 Å². The molecular weight excluding hydrogens is 401 g/mol. The molecule has 3 nitrogen and oxygen atoms in total. The number of esters is 1. The van der Waals surface area contributed by atoms with Gasteiger partial charge in [-0.05, 0) is 72.9 Å². The Morgan fingerprint density at radius 3 is 2.25 bits per heavy atom. The Balaban J connectivity index is 1.57. The Morgan fingerprint density at radius 1 is 0.844 bits per heavy atom. The third-order valence-electron chi connectivity index (χ3n) is 5.55. The Labute approximate surface area is 190 Å². The number of hydrogen-bond acceptors (Lipinski definition) is 3. The monoisotopic (exact) mass is 433 g/mol. The van der Waals surface area contributed by atoms with Gasteiger partial charge in [0.25, 0.3) is 0 Å². The molecule has 168 valence electrons. The summed E-state index contributed by atoms with van der Waals surface area (Å²) in [6, 6.07) is 15.9. The predicted octanol–water partition coefficient (Wildman–Crippen LogP) is 7.57. The fraction of sp³-hybridized carbons (Fsp3) is 0.357. The van der Waals surface area contributed by atoms with Crippen molar-refractivity contribution < 1.29 is 13.9 Å². The molecule has 0 saturated carbocycles. The van der Waals surface area contributed by atoms with E-state index in [2.05, 4.69) is 18.0 Å². The quantitative estimate of drug-likeness (QED) is 0.178. The number of halogens is 1. The van der Waals surface area contributed by atoms with E-state index in [1.165, 1.54) is 49.8 Å². The fourth-order valence-electron chi connectivity index (χ4n) is 3.70. The minimum Gasteiger partial charge on any atom is -0.423 e. The van der Waals surface area contributed by atoms with Crippen LogP contribution < -0.4 is 4.74 Å². The van der Waals surface area contributed by atoms with E-state index in [9.17, 15) is 9.18 Å². The summed E-state index contributed by atoms with van der Waals surface area (Å²) >= 11 is 0. The molecule has 1 aromatic heterocycles. The van der Waals surface area contributed by atoms with Crippen molar-refractivity contribution in [2.45, 2.75) is 65.2 Å². The van der Waals surface area contributed by atoms with Crippen LogP contribution in [0.3, 0.4) is 0 Å². The summed E-state index contributed by atoms with van der Waals surface area (Å²) in [7, 11) is 0. The number of hydrogen-bond donors (Lipinski definition) is 0. The fourth-order valence-corrected chi connectivity index (χ4v) is 3.70. The van der Waals surface area contributed by atoms with Crippen molar-refractivity contribution in [3.8, 4) is 17.0 Å². The smallest absolute Gasteiger partial charge is 0.346 e. The summed E-state index contributed by atoms with van der Waals surface area (Å²) in [5.41, 5.74) is 3.88. The third kappa shape index (κ3) is 6.74. The van der Waals surface area contributed by atoms with Crippen LogP contribution >= 0.6 is 0 Å². The molecule has 2 aromatic carbocycles. The Hall–Kier alpha value is -3.01. The molecule has 0 bridgehead atoms. The molecule has 4 heteroatoms. The molecule has 3 rings (SSSR count). The normalized spacial score (nSPS) is 10.8. The number of nitrogens with zero attached hydrogens (tertiary/aromatic N) is 1. The zero-order valence-corrected chi connectivity index (χ0v) is 19.1. The maximum atomic E-state index is 14.3. The van der Waals surface area contributed by atoms with Gasteiger partial charge in [0.2, 0.25) is 0 Å². The number of ether oxygens (including phenoxy) is 1. The van der Waals surface area contributed by atoms with Crippen LogP contribution in [0.1, 0.15) is 73.9 Å². The first-order valence-electron chi connectivity index (χ1n) is 11.7. The number of rotatable bonds is 11. The number of benzene rings is 2. The Bertz CT molecular complexity index is 997. The highest BCUT2D eigenvalue weighted by molar-refractivity contribution is 5.91. The third-order valence-corrected chi connectivity index (χ3v) is 5.55. The molecule has 0 spiro atoms. The van der Waals surface area contributed by atoms with Crippen LogP contribution in [-0.4, -0.2) is 11.0 Å². The lowest BCUT2D eigenvalue weighted by molar-refractivity contribution is 0.0730. The van der Waals surface area contributed by atoms with Crippen molar-refractivity contribution in [1.29, 1.82) is 0 Å². The molecule has 0 aliphatic rings. The van der Waals surface area contributed by atoms with Crippen LogP contribution in [-0.2, 0) is 12.8 Å². The first-order valence-corrected chi connectivity index (χ1v) is 11.7. The standard InChI is InChI=1S/C28H32FNO2/c1-3-5-6-7-8-10-22-12-18-27(30-20-22)23-13-15-24(16-14-23)32-28(31)25-17-11-21(9-4-2)19-26(25)29/h11-20H,3-10H2,1-2H3. The van der Waals surface area contributed by atoms with Crippen LogP contribution in [0.25, 0.3) is 11.3 Å². The number of unbranched alkanes of at least 4 members (excludes halogenated alkanes) is 4. The lowest BCUT2D eigenvalue weighted by Gasteiger charge is -2.08. The van der Waals surface area contributed by atoms with Gasteiger partial charge < -0.3 is 4.74 Å². The number of aromatic nitrogens is 1. The molecule has 0 aliphatic carbocycles. The van der Waals surface area contributed by atoms with E-state index in [0.29, 0.717) is 5.75 Å². The summed E-state index contributed by atoms with van der Waals surface area (Å²) in [5, 5.41) is 0. The van der Waals surface area contributed by atoms with Crippen molar-refractivity contribution in [2.24, 2.45) is 0 Å². The summed E-state index contributed by atoms with van der Waals surface area (Å²) < 4.78 is 19.6. The SMILES string of the molecule is CCCCCCCc1ccc(-c2ccc(OC(=O)c3ccc(CCC)cc3F)cc2)nc1. The number of aryl methyl sites for hydroxylation is 2. The summed E-state index contributed by atoms with van der Waals surface area (Å²) in [6.07, 6.45) is 11.0. The van der Waals surface area contributed by atoms with Crippen LogP contribution in [0.4, 0.5) is 4.39 Å². The average Bonchev–Trinajstić information content (AvgIpc) is 2.80. The van der Waals surface area contributed by atoms with Gasteiger partial charge >= 0.3 is 5.97 Å². The second-order valence-corrected chi connectivity index (χ2v) is 8.19. The number of pyridine rings is 1. The van der Waals surface area contributed by atoms with Crippen molar-refractivity contribution in [1.82, 2.24) is 4.98 Å². The van der Waals surface area contributed by atoms with E-state index in [1.807, 2.05) is 31.3 Å². The molecule has 0 fully saturated rings. The molecular formula is C28H32FNO2. The van der Waals surface area contributed by atoms with Gasteiger partial charge in [-0.25, -0.2) is 9.18 Å². The lowest BCUT2D eigenvalue weighted by Crippen LogP contribution is -2.11. The van der Waals surface area contributed by atoms with Crippen LogP contribution in [0.2, 0.25) is 0 Å². The van der Waals surface area contributed by atoms with E-state index in [4.69, 9.17) is 4.74 Å². The predicted molar refractivity (Wildman–Crippen MR) is 127 cm³/mol. The minimum absolute atomic E-state index is 0.0547. The van der Waals surface area contributed by atoms with Crippen molar-refractivity contribution in [2.75, 3.05) is 0 Å². The van der Waals surface area contributed by atoms with Gasteiger partial charge in [0.05, 0.1) is 11.3 Å². The van der Waals surface area contributed by atoms with Gasteiger partial charge in [0, 0.05) is 11.8 Å². The molecule has 32 heavy (non-hydrogen) atoms. The first-order chi connectivity index (χ1) is 15.6. The van der Waals surface area contributed by atoms with Gasteiger partial charge in [-0.15, -0.1) is 0 Å². The second kappa shape index (κ2) is 12.1. The second-order valence-electron chi connectivity index (χ2n) is 8.19. The van der Waals surface area contributed by atoms with Crippen molar-refractivity contribution in [3.63, 3.8) is 0 Å². The summed E-state index contributed by atoms with van der Waals surface area (Å²) in [6.45, 7) is 4.26. The lowest BCUT2D eigenvalue weighted by atomic mass is 10.1. The van der Waals surface area contributed by atoms with Crippen LogP contribution in [0.15, 0.2) is 60.8 Å². The molecule has 0 amide bonds. The summed E-state index contributed by atoms with van der Waals surface area (Å²) in [5.74, 6) is -0.869. The van der Waals surface area contributed by atoms with E-state index in [-0.39, 0.29) is 5.56 Å². The molecule has 3 aromatic rings. The highest BCUT2D eigenvalue weighted by Crippen LogP contribution is 2.23. The van der Waals surface area contributed by atoms with Crippen LogP contribution in [0, 0.1) is 5.82 Å². The van der Waals surface area contributed by atoms with E-state index in [0.717, 1.165) is 36.1 Å². The van der Waals surface area contributed by atoms with Gasteiger partial charge in [-0.1, -0.05) is 58.1 Å². The van der Waals surface area contributed by atoms with E-state index < -0.39 is 11.8 Å². The van der Waals surface area contributed by atoms with Gasteiger partial charge in [-0.3, -0.25) is 4.98 Å². The topological polar surface area (TPSA) is 39.2 Å². The Morgan fingerprint density at radius 2 is 1.59 bits per heavy atom. The minimum atomic E-state index is -0.695. The molecule has 0 aliphatic heterocycles. The van der Waals surface area contributed by atoms with E-state index in [1.54, 1.807) is 18.2 Å². The summed E-state index contributed by atoms with van der Waals surface area (Å²) in [4.78, 5) is 16.9. The highest BCUT2D eigenvalue weighted by Gasteiger charge is 2.15. The maximum Gasteiger partial charge on any atom is 0.346 e. The van der Waals surface area contributed by atoms with Gasteiger partial charge in [-0.2, -0.15) is 0 Å². The van der Waals surface area contributed by atoms with Gasteiger partial charge in [0.1, 0.15) is 11.6 Å².